The summed E-state index contributed by atoms with van der Waals surface area (Å²) in [7, 11) is 0. The maximum atomic E-state index is 11.7. The molecule has 0 saturated heterocycles. The number of fused-ring (bicyclic) bond motifs is 1. The van der Waals surface area contributed by atoms with Crippen molar-refractivity contribution >= 4 is 17.5 Å². The Bertz CT molecular complexity index is 1250. The second kappa shape index (κ2) is 6.55. The first kappa shape index (κ1) is 17.0. The van der Waals surface area contributed by atoms with Crippen LogP contribution in [-0.2, 0) is 6.54 Å². The highest BCUT2D eigenvalue weighted by atomic mass is 16.1. The van der Waals surface area contributed by atoms with Gasteiger partial charge in [-0.15, -0.1) is 5.10 Å². The monoisotopic (exact) mass is 397 g/mol. The fraction of sp³-hybridized carbons (Fsp3) is 0.182. The number of nitrogens with zero attached hydrogens (tertiary/aromatic N) is 3. The van der Waals surface area contributed by atoms with E-state index >= 15 is 0 Å². The third-order valence-electron chi connectivity index (χ3n) is 5.56. The van der Waals surface area contributed by atoms with Crippen molar-refractivity contribution in [3.8, 4) is 22.6 Å². The number of rotatable bonds is 5. The SMILES string of the molecule is O=C1NCc2cc(Nc3n[nH]c(-c4ccc(-c5cnc(C6CC6)[nH]5)cc4)n3)ccc21. The molecule has 148 valence electrons. The smallest absolute Gasteiger partial charge is 0.251 e. The average molecular weight is 397 g/mol. The molecule has 1 aliphatic heterocycles. The van der Waals surface area contributed by atoms with Gasteiger partial charge in [-0.05, 0) is 42.2 Å². The Kier molecular flexibility index (Phi) is 3.70. The van der Waals surface area contributed by atoms with Crippen LogP contribution in [0.4, 0.5) is 11.6 Å². The molecule has 0 unspecified atom stereocenters. The largest absolute Gasteiger partial charge is 0.348 e. The van der Waals surface area contributed by atoms with E-state index in [1.165, 1.54) is 12.8 Å². The Morgan fingerprint density at radius 1 is 1.03 bits per heavy atom. The van der Waals surface area contributed by atoms with Crippen molar-refractivity contribution < 1.29 is 4.79 Å². The lowest BCUT2D eigenvalue weighted by atomic mass is 10.1. The normalized spacial score (nSPS) is 15.1. The van der Waals surface area contributed by atoms with Gasteiger partial charge < -0.3 is 15.6 Å². The zero-order valence-corrected chi connectivity index (χ0v) is 16.1. The first-order valence-electron chi connectivity index (χ1n) is 9.99. The third-order valence-corrected chi connectivity index (χ3v) is 5.56. The second-order valence-corrected chi connectivity index (χ2v) is 7.72. The van der Waals surface area contributed by atoms with E-state index in [9.17, 15) is 4.79 Å². The van der Waals surface area contributed by atoms with Gasteiger partial charge in [-0.25, -0.2) is 4.98 Å². The van der Waals surface area contributed by atoms with Crippen molar-refractivity contribution in [1.29, 1.82) is 0 Å². The minimum Gasteiger partial charge on any atom is -0.348 e. The van der Waals surface area contributed by atoms with Crippen LogP contribution in [0.25, 0.3) is 22.6 Å². The van der Waals surface area contributed by atoms with Gasteiger partial charge >= 0.3 is 0 Å². The standard InChI is InChI=1S/C22H19N7O/c30-21-17-8-7-16(9-15(17)10-24-21)25-22-27-20(28-29-22)14-3-1-12(2-4-14)18-11-23-19(26-18)13-5-6-13/h1-4,7-9,11,13H,5-6,10H2,(H,23,26)(H,24,30)(H2,25,27,28,29). The summed E-state index contributed by atoms with van der Waals surface area (Å²) in [5.41, 5.74) is 5.62. The van der Waals surface area contributed by atoms with E-state index in [0.717, 1.165) is 39.5 Å². The average Bonchev–Trinajstić information content (AvgIpc) is 3.16. The van der Waals surface area contributed by atoms with Gasteiger partial charge in [-0.1, -0.05) is 24.3 Å². The lowest BCUT2D eigenvalue weighted by Gasteiger charge is -2.03. The van der Waals surface area contributed by atoms with Crippen molar-refractivity contribution in [2.45, 2.75) is 25.3 Å². The molecule has 4 aromatic rings. The third kappa shape index (κ3) is 3.02. The molecule has 1 amide bonds. The number of aromatic nitrogens is 5. The maximum absolute atomic E-state index is 11.7. The molecule has 4 N–H and O–H groups in total. The highest BCUT2D eigenvalue weighted by molar-refractivity contribution is 5.98. The van der Waals surface area contributed by atoms with Crippen LogP contribution in [0, 0.1) is 0 Å². The molecule has 0 radical (unpaired) electrons. The highest BCUT2D eigenvalue weighted by Gasteiger charge is 2.26. The van der Waals surface area contributed by atoms with Crippen molar-refractivity contribution in [1.82, 2.24) is 30.5 Å². The fourth-order valence-corrected chi connectivity index (χ4v) is 3.74. The number of imidazole rings is 1. The Morgan fingerprint density at radius 2 is 1.87 bits per heavy atom. The number of hydrogen-bond donors (Lipinski definition) is 4. The van der Waals surface area contributed by atoms with Gasteiger partial charge in [0, 0.05) is 29.3 Å². The van der Waals surface area contributed by atoms with E-state index in [2.05, 4.69) is 47.9 Å². The summed E-state index contributed by atoms with van der Waals surface area (Å²) in [6.07, 6.45) is 4.36. The molecule has 30 heavy (non-hydrogen) atoms. The number of hydrogen-bond acceptors (Lipinski definition) is 5. The molecule has 0 spiro atoms. The molecule has 1 fully saturated rings. The first-order valence-corrected chi connectivity index (χ1v) is 9.99. The van der Waals surface area contributed by atoms with E-state index in [0.29, 0.717) is 24.2 Å². The van der Waals surface area contributed by atoms with Crippen LogP contribution < -0.4 is 10.6 Å². The van der Waals surface area contributed by atoms with Crippen LogP contribution in [0.1, 0.15) is 40.5 Å². The molecule has 8 nitrogen and oxygen atoms in total. The summed E-state index contributed by atoms with van der Waals surface area (Å²) in [5.74, 6) is 2.84. The lowest BCUT2D eigenvalue weighted by molar-refractivity contribution is 0.0966. The summed E-state index contributed by atoms with van der Waals surface area (Å²) < 4.78 is 0. The molecule has 1 saturated carbocycles. The number of H-pyrrole nitrogens is 2. The maximum Gasteiger partial charge on any atom is 0.251 e. The molecule has 8 heteroatoms. The Hall–Kier alpha value is -3.94. The van der Waals surface area contributed by atoms with Crippen LogP contribution >= 0.6 is 0 Å². The highest BCUT2D eigenvalue weighted by Crippen LogP contribution is 2.39. The van der Waals surface area contributed by atoms with Crippen molar-refractivity contribution in [3.05, 3.63) is 65.6 Å². The zero-order valence-electron chi connectivity index (χ0n) is 16.1. The minimum atomic E-state index is -0.0286. The zero-order chi connectivity index (χ0) is 20.1. The van der Waals surface area contributed by atoms with Crippen molar-refractivity contribution in [2.24, 2.45) is 0 Å². The topological polar surface area (TPSA) is 111 Å². The summed E-state index contributed by atoms with van der Waals surface area (Å²) >= 11 is 0. The van der Waals surface area contributed by atoms with Gasteiger partial charge in [0.25, 0.3) is 5.91 Å². The number of aromatic amines is 2. The molecule has 2 aromatic heterocycles. The van der Waals surface area contributed by atoms with Gasteiger partial charge in [0.05, 0.1) is 11.9 Å². The number of nitrogens with one attached hydrogen (secondary N) is 4. The molecule has 0 bridgehead atoms. The van der Waals surface area contributed by atoms with E-state index < -0.39 is 0 Å². The van der Waals surface area contributed by atoms with Crippen molar-refractivity contribution in [3.63, 3.8) is 0 Å². The molecule has 1 aliphatic carbocycles. The van der Waals surface area contributed by atoms with Gasteiger partial charge in [0.1, 0.15) is 5.82 Å². The van der Waals surface area contributed by atoms with Crippen LogP contribution in [0.15, 0.2) is 48.7 Å². The molecular formula is C22H19N7O. The second-order valence-electron chi connectivity index (χ2n) is 7.72. The first-order chi connectivity index (χ1) is 14.7. The van der Waals surface area contributed by atoms with Crippen molar-refractivity contribution in [2.75, 3.05) is 5.32 Å². The minimum absolute atomic E-state index is 0.0286. The summed E-state index contributed by atoms with van der Waals surface area (Å²) in [5, 5.41) is 13.2. The van der Waals surface area contributed by atoms with Crippen LogP contribution in [0.2, 0.25) is 0 Å². The Balaban J connectivity index is 1.19. The van der Waals surface area contributed by atoms with E-state index in [1.54, 1.807) is 0 Å². The molecule has 3 heterocycles. The number of benzene rings is 2. The van der Waals surface area contributed by atoms with E-state index in [4.69, 9.17) is 0 Å². The van der Waals surface area contributed by atoms with E-state index in [1.807, 2.05) is 36.5 Å². The molecule has 2 aromatic carbocycles. The fourth-order valence-electron chi connectivity index (χ4n) is 3.74. The van der Waals surface area contributed by atoms with E-state index in [-0.39, 0.29) is 5.91 Å². The number of anilines is 2. The van der Waals surface area contributed by atoms with Crippen LogP contribution in [0.3, 0.4) is 0 Å². The quantitative estimate of drug-likeness (QED) is 0.410. The molecule has 2 aliphatic rings. The number of carbonyl (C=O) groups is 1. The number of amides is 1. The summed E-state index contributed by atoms with van der Waals surface area (Å²) in [6.45, 7) is 0.549. The molecule has 0 atom stereocenters. The van der Waals surface area contributed by atoms with Gasteiger partial charge in [-0.2, -0.15) is 4.98 Å². The predicted octanol–water partition coefficient (Wildman–Crippen LogP) is 3.73. The molecular weight excluding hydrogens is 378 g/mol. The summed E-state index contributed by atoms with van der Waals surface area (Å²) in [4.78, 5) is 24.1. The predicted molar refractivity (Wildman–Crippen MR) is 112 cm³/mol. The Morgan fingerprint density at radius 3 is 2.70 bits per heavy atom. The Labute approximate surface area is 172 Å². The lowest BCUT2D eigenvalue weighted by Crippen LogP contribution is -2.12. The molecule has 6 rings (SSSR count). The van der Waals surface area contributed by atoms with Gasteiger partial charge in [0.15, 0.2) is 5.82 Å². The van der Waals surface area contributed by atoms with Gasteiger partial charge in [-0.3, -0.25) is 9.89 Å². The van der Waals surface area contributed by atoms with Crippen LogP contribution in [-0.4, -0.2) is 31.1 Å². The van der Waals surface area contributed by atoms with Gasteiger partial charge in [0.2, 0.25) is 5.95 Å². The number of carbonyl (C=O) groups excluding carboxylic acids is 1. The summed E-state index contributed by atoms with van der Waals surface area (Å²) in [6, 6.07) is 13.8. The van der Waals surface area contributed by atoms with Crippen LogP contribution in [0.5, 0.6) is 0 Å².